The Kier molecular flexibility index (Phi) is 8.09. The van der Waals surface area contributed by atoms with E-state index in [1.807, 2.05) is 67.6 Å². The Labute approximate surface area is 187 Å². The number of unbranched alkanes of at least 4 members (excludes halogenated alkanes) is 2. The Balaban J connectivity index is 1.60. The number of esters is 1. The van der Waals surface area contributed by atoms with Gasteiger partial charge in [0.15, 0.2) is 0 Å². The Morgan fingerprint density at radius 3 is 2.17 bits per heavy atom. The van der Waals surface area contributed by atoms with Gasteiger partial charge in [-0.15, -0.1) is 0 Å². The van der Waals surface area contributed by atoms with E-state index in [-0.39, 0.29) is 12.1 Å². The van der Waals surface area contributed by atoms with E-state index >= 15 is 0 Å². The van der Waals surface area contributed by atoms with Gasteiger partial charge >= 0.3 is 5.97 Å². The van der Waals surface area contributed by atoms with E-state index < -0.39 is 0 Å². The summed E-state index contributed by atoms with van der Waals surface area (Å²) in [7, 11) is 0. The zero-order chi connectivity index (χ0) is 21.3. The van der Waals surface area contributed by atoms with E-state index in [1.165, 1.54) is 12.8 Å². The lowest BCUT2D eigenvalue weighted by molar-refractivity contribution is 0.0336. The molecule has 0 radical (unpaired) electrons. The van der Waals surface area contributed by atoms with E-state index in [4.69, 9.17) is 9.47 Å². The topological polar surface area (TPSA) is 35.5 Å². The highest BCUT2D eigenvalue weighted by molar-refractivity contribution is 9.10. The van der Waals surface area contributed by atoms with Crippen LogP contribution < -0.4 is 4.74 Å². The molecule has 0 amide bonds. The molecule has 0 aliphatic rings. The van der Waals surface area contributed by atoms with Crippen molar-refractivity contribution < 1.29 is 14.3 Å². The van der Waals surface area contributed by atoms with E-state index in [0.717, 1.165) is 39.9 Å². The van der Waals surface area contributed by atoms with Crippen molar-refractivity contribution in [3.8, 4) is 16.9 Å². The average Bonchev–Trinajstić information content (AvgIpc) is 2.77. The predicted molar refractivity (Wildman–Crippen MR) is 125 cm³/mol. The Bertz CT molecular complexity index is 949. The molecule has 4 heteroatoms. The molecule has 3 rings (SSSR count). The first-order chi connectivity index (χ1) is 14.6. The van der Waals surface area contributed by atoms with Crippen molar-refractivity contribution in [2.75, 3.05) is 6.61 Å². The third-order valence-electron chi connectivity index (χ3n) is 4.95. The van der Waals surface area contributed by atoms with Gasteiger partial charge in [-0.2, -0.15) is 0 Å². The molecule has 0 spiro atoms. The molecule has 3 aromatic carbocycles. The zero-order valence-corrected chi connectivity index (χ0v) is 19.0. The monoisotopic (exact) mass is 466 g/mol. The van der Waals surface area contributed by atoms with Gasteiger partial charge in [-0.3, -0.25) is 0 Å². The molecule has 0 heterocycles. The Hall–Kier alpha value is -2.59. The molecular weight excluding hydrogens is 440 g/mol. The number of benzene rings is 3. The molecule has 0 fully saturated rings. The molecule has 3 nitrogen and oxygen atoms in total. The molecule has 0 N–H and O–H groups in total. The highest BCUT2D eigenvalue weighted by atomic mass is 79.9. The fourth-order valence-electron chi connectivity index (χ4n) is 3.18. The summed E-state index contributed by atoms with van der Waals surface area (Å²) in [6, 6.07) is 23.3. The molecule has 1 unspecified atom stereocenters. The molecule has 0 saturated carbocycles. The van der Waals surface area contributed by atoms with Gasteiger partial charge in [0.05, 0.1) is 12.2 Å². The lowest BCUT2D eigenvalue weighted by Gasteiger charge is -2.15. The fourth-order valence-corrected chi connectivity index (χ4v) is 3.79. The molecule has 0 aromatic heterocycles. The van der Waals surface area contributed by atoms with Crippen LogP contribution in [0.3, 0.4) is 0 Å². The van der Waals surface area contributed by atoms with Gasteiger partial charge in [0.2, 0.25) is 0 Å². The van der Waals surface area contributed by atoms with Gasteiger partial charge in [0.1, 0.15) is 11.9 Å². The Morgan fingerprint density at radius 2 is 1.53 bits per heavy atom. The van der Waals surface area contributed by atoms with Crippen molar-refractivity contribution in [2.45, 2.75) is 39.2 Å². The van der Waals surface area contributed by atoms with Gasteiger partial charge in [0, 0.05) is 10.0 Å². The summed E-state index contributed by atoms with van der Waals surface area (Å²) in [4.78, 5) is 12.5. The molecule has 0 aliphatic heterocycles. The van der Waals surface area contributed by atoms with E-state index in [9.17, 15) is 4.79 Å². The van der Waals surface area contributed by atoms with Gasteiger partial charge in [-0.05, 0) is 54.8 Å². The van der Waals surface area contributed by atoms with E-state index in [1.54, 1.807) is 12.1 Å². The second-order valence-corrected chi connectivity index (χ2v) is 8.08. The molecule has 0 saturated heterocycles. The van der Waals surface area contributed by atoms with Gasteiger partial charge in [-0.25, -0.2) is 4.79 Å². The molecule has 1 atom stereocenters. The standard InChI is InChI=1S/C26H27BrO3/c1-3-4-7-18-29-23-16-14-21(15-17-23)20-10-12-22(13-11-20)26(28)30-19(2)24-8-5-6-9-25(24)27/h5-6,8-17,19H,3-4,7,18H2,1-2H3. The predicted octanol–water partition coefficient (Wildman–Crippen LogP) is 7.60. The summed E-state index contributed by atoms with van der Waals surface area (Å²) in [6.45, 7) is 4.81. The average molecular weight is 467 g/mol. The first-order valence-electron chi connectivity index (χ1n) is 10.4. The van der Waals surface area contributed by atoms with Crippen molar-refractivity contribution in [3.63, 3.8) is 0 Å². The minimum atomic E-state index is -0.336. The van der Waals surface area contributed by atoms with E-state index in [0.29, 0.717) is 5.56 Å². The van der Waals surface area contributed by atoms with Crippen molar-refractivity contribution in [1.82, 2.24) is 0 Å². The second kappa shape index (κ2) is 11.0. The molecule has 156 valence electrons. The van der Waals surface area contributed by atoms with Crippen LogP contribution in [-0.4, -0.2) is 12.6 Å². The maximum absolute atomic E-state index is 12.5. The summed E-state index contributed by atoms with van der Waals surface area (Å²) in [6.07, 6.45) is 3.12. The van der Waals surface area contributed by atoms with Crippen molar-refractivity contribution in [1.29, 1.82) is 0 Å². The van der Waals surface area contributed by atoms with E-state index in [2.05, 4.69) is 22.9 Å². The lowest BCUT2D eigenvalue weighted by atomic mass is 10.0. The van der Waals surface area contributed by atoms with Gasteiger partial charge in [-0.1, -0.05) is 78.2 Å². The summed E-state index contributed by atoms with van der Waals surface area (Å²) < 4.78 is 12.3. The Morgan fingerprint density at radius 1 is 0.900 bits per heavy atom. The normalized spacial score (nSPS) is 11.7. The number of hydrogen-bond donors (Lipinski definition) is 0. The maximum atomic E-state index is 12.5. The summed E-state index contributed by atoms with van der Waals surface area (Å²) in [5.74, 6) is 0.553. The minimum Gasteiger partial charge on any atom is -0.494 e. The third kappa shape index (κ3) is 5.96. The summed E-state index contributed by atoms with van der Waals surface area (Å²) in [5, 5.41) is 0. The minimum absolute atomic E-state index is 0.333. The lowest BCUT2D eigenvalue weighted by Crippen LogP contribution is -2.09. The number of ether oxygens (including phenoxy) is 2. The van der Waals surface area contributed by atoms with Crippen LogP contribution in [0.4, 0.5) is 0 Å². The van der Waals surface area contributed by atoms with Gasteiger partial charge < -0.3 is 9.47 Å². The number of rotatable bonds is 9. The highest BCUT2D eigenvalue weighted by Crippen LogP contribution is 2.27. The fraction of sp³-hybridized carbons (Fsp3) is 0.269. The largest absolute Gasteiger partial charge is 0.494 e. The molecule has 0 bridgehead atoms. The summed E-state index contributed by atoms with van der Waals surface area (Å²) in [5.41, 5.74) is 3.60. The SMILES string of the molecule is CCCCCOc1ccc(-c2ccc(C(=O)OC(C)c3ccccc3Br)cc2)cc1. The van der Waals surface area contributed by atoms with Crippen LogP contribution in [0, 0.1) is 0 Å². The number of halogens is 1. The van der Waals surface area contributed by atoms with Crippen LogP contribution in [0.1, 0.15) is 55.1 Å². The maximum Gasteiger partial charge on any atom is 0.338 e. The number of carbonyl (C=O) groups excluding carboxylic acids is 1. The van der Waals surface area contributed by atoms with Crippen LogP contribution in [0.2, 0.25) is 0 Å². The van der Waals surface area contributed by atoms with Crippen molar-refractivity contribution >= 4 is 21.9 Å². The highest BCUT2D eigenvalue weighted by Gasteiger charge is 2.15. The van der Waals surface area contributed by atoms with Gasteiger partial charge in [0.25, 0.3) is 0 Å². The van der Waals surface area contributed by atoms with Crippen LogP contribution in [0.15, 0.2) is 77.3 Å². The van der Waals surface area contributed by atoms with Crippen molar-refractivity contribution in [2.24, 2.45) is 0 Å². The molecule has 0 aliphatic carbocycles. The van der Waals surface area contributed by atoms with Crippen LogP contribution >= 0.6 is 15.9 Å². The smallest absolute Gasteiger partial charge is 0.338 e. The number of hydrogen-bond acceptors (Lipinski definition) is 3. The first kappa shape index (κ1) is 22.1. The van der Waals surface area contributed by atoms with Crippen molar-refractivity contribution in [3.05, 3.63) is 88.4 Å². The van der Waals surface area contributed by atoms with Crippen LogP contribution in [0.25, 0.3) is 11.1 Å². The third-order valence-corrected chi connectivity index (χ3v) is 5.67. The number of carbonyl (C=O) groups is 1. The molecule has 3 aromatic rings. The summed E-state index contributed by atoms with van der Waals surface area (Å²) >= 11 is 3.50. The van der Waals surface area contributed by atoms with Crippen LogP contribution in [-0.2, 0) is 4.74 Å². The molecule has 30 heavy (non-hydrogen) atoms. The van der Waals surface area contributed by atoms with Crippen LogP contribution in [0.5, 0.6) is 5.75 Å². The quantitative estimate of drug-likeness (QED) is 0.240. The first-order valence-corrected chi connectivity index (χ1v) is 11.2. The zero-order valence-electron chi connectivity index (χ0n) is 17.4. The second-order valence-electron chi connectivity index (χ2n) is 7.23. The molecular formula is C26H27BrO3.